The van der Waals surface area contributed by atoms with Crippen LogP contribution < -0.4 is 24.4 Å². The Morgan fingerprint density at radius 1 is 0.966 bits per heavy atom. The van der Waals surface area contributed by atoms with E-state index in [4.69, 9.17) is 14.2 Å². The number of ether oxygens (including phenoxy) is 3. The van der Waals surface area contributed by atoms with Gasteiger partial charge in [0.15, 0.2) is 11.5 Å². The van der Waals surface area contributed by atoms with Crippen LogP contribution in [-0.4, -0.2) is 32.2 Å². The number of hydrogen-bond acceptors (Lipinski definition) is 6. The summed E-state index contributed by atoms with van der Waals surface area (Å²) in [4.78, 5) is 19.0. The fourth-order valence-electron chi connectivity index (χ4n) is 3.54. The molecule has 4 rings (SSSR count). The van der Waals surface area contributed by atoms with Gasteiger partial charge in [0.25, 0.3) is 5.91 Å². The Hall–Kier alpha value is -3.74. The molecular weight excluding hydrogens is 370 g/mol. The maximum Gasteiger partial charge on any atom is 0.260 e. The summed E-state index contributed by atoms with van der Waals surface area (Å²) in [5, 5.41) is 3.44. The lowest BCUT2D eigenvalue weighted by atomic mass is 10.1. The molecule has 0 spiro atoms. The van der Waals surface area contributed by atoms with Gasteiger partial charge in [0.2, 0.25) is 5.75 Å². The molecule has 1 aromatic heterocycles. The van der Waals surface area contributed by atoms with Crippen LogP contribution in [0.15, 0.2) is 60.9 Å². The number of pyridine rings is 1. The summed E-state index contributed by atoms with van der Waals surface area (Å²) in [7, 11) is 4.69. The van der Waals surface area contributed by atoms with Crippen molar-refractivity contribution < 1.29 is 19.0 Å². The number of nitrogens with zero attached hydrogens (tertiary/aromatic N) is 2. The van der Waals surface area contributed by atoms with Crippen LogP contribution in [0, 0.1) is 0 Å². The molecule has 7 nitrogen and oxygen atoms in total. The van der Waals surface area contributed by atoms with Crippen molar-refractivity contribution in [2.45, 2.75) is 6.17 Å². The minimum Gasteiger partial charge on any atom is -0.493 e. The highest BCUT2D eigenvalue weighted by Crippen LogP contribution is 2.43. The van der Waals surface area contributed by atoms with Crippen LogP contribution >= 0.6 is 0 Å². The van der Waals surface area contributed by atoms with E-state index in [1.54, 1.807) is 38.6 Å². The lowest BCUT2D eigenvalue weighted by Crippen LogP contribution is -2.32. The summed E-state index contributed by atoms with van der Waals surface area (Å²) in [5.74, 6) is 1.48. The topological polar surface area (TPSA) is 72.9 Å². The van der Waals surface area contributed by atoms with Gasteiger partial charge in [0.05, 0.1) is 33.2 Å². The van der Waals surface area contributed by atoms with E-state index in [1.165, 1.54) is 0 Å². The van der Waals surface area contributed by atoms with Gasteiger partial charge in [-0.15, -0.1) is 0 Å². The quantitative estimate of drug-likeness (QED) is 0.688. The van der Waals surface area contributed by atoms with E-state index in [2.05, 4.69) is 10.3 Å². The van der Waals surface area contributed by atoms with Gasteiger partial charge in [-0.2, -0.15) is 0 Å². The molecule has 2 aromatic carbocycles. The maximum absolute atomic E-state index is 13.1. The highest BCUT2D eigenvalue weighted by atomic mass is 16.5. The molecular formula is C22H21N3O4. The van der Waals surface area contributed by atoms with Crippen molar-refractivity contribution in [1.29, 1.82) is 0 Å². The molecule has 3 aromatic rings. The Kier molecular flexibility index (Phi) is 4.95. The summed E-state index contributed by atoms with van der Waals surface area (Å²) in [6.45, 7) is 0. The van der Waals surface area contributed by atoms with E-state index < -0.39 is 6.17 Å². The van der Waals surface area contributed by atoms with Crippen LogP contribution in [0.25, 0.3) is 0 Å². The van der Waals surface area contributed by atoms with Gasteiger partial charge in [-0.25, -0.2) is 0 Å². The molecule has 0 saturated carbocycles. The molecule has 1 N–H and O–H groups in total. The number of methoxy groups -OCH3 is 3. The first kappa shape index (κ1) is 18.6. The van der Waals surface area contributed by atoms with Crippen molar-refractivity contribution in [3.63, 3.8) is 0 Å². The second kappa shape index (κ2) is 7.71. The second-order valence-electron chi connectivity index (χ2n) is 6.43. The molecule has 0 bridgehead atoms. The zero-order valence-electron chi connectivity index (χ0n) is 16.4. The van der Waals surface area contributed by atoms with Crippen molar-refractivity contribution in [2.24, 2.45) is 0 Å². The van der Waals surface area contributed by atoms with E-state index in [9.17, 15) is 4.79 Å². The molecule has 0 radical (unpaired) electrons. The van der Waals surface area contributed by atoms with Gasteiger partial charge in [-0.3, -0.25) is 14.7 Å². The second-order valence-corrected chi connectivity index (χ2v) is 6.43. The Morgan fingerprint density at radius 3 is 2.31 bits per heavy atom. The maximum atomic E-state index is 13.1. The molecule has 1 aliphatic rings. The summed E-state index contributed by atoms with van der Waals surface area (Å²) in [6, 6.07) is 14.9. The zero-order valence-corrected chi connectivity index (χ0v) is 16.4. The normalized spacial score (nSPS) is 15.1. The number of benzene rings is 2. The number of rotatable bonds is 6. The summed E-state index contributed by atoms with van der Waals surface area (Å²) in [5.41, 5.74) is 2.97. The number of carbonyl (C=O) groups is 1. The molecule has 0 fully saturated rings. The third-order valence-electron chi connectivity index (χ3n) is 4.85. The zero-order chi connectivity index (χ0) is 20.4. The number of carbonyl (C=O) groups excluding carboxylic acids is 1. The number of fused-ring (bicyclic) bond motifs is 1. The summed E-state index contributed by atoms with van der Waals surface area (Å²) < 4.78 is 16.3. The van der Waals surface area contributed by atoms with Crippen LogP contribution in [0.1, 0.15) is 22.1 Å². The Morgan fingerprint density at radius 2 is 1.69 bits per heavy atom. The average Bonchev–Trinajstić information content (AvgIpc) is 3.05. The van der Waals surface area contributed by atoms with Crippen LogP contribution in [-0.2, 0) is 0 Å². The number of nitrogens with one attached hydrogen (secondary N) is 1. The molecule has 0 aliphatic carbocycles. The first-order valence-electron chi connectivity index (χ1n) is 9.07. The van der Waals surface area contributed by atoms with E-state index >= 15 is 0 Å². The molecule has 148 valence electrons. The van der Waals surface area contributed by atoms with Crippen molar-refractivity contribution >= 4 is 17.3 Å². The van der Waals surface area contributed by atoms with E-state index in [0.717, 1.165) is 11.3 Å². The monoisotopic (exact) mass is 391 g/mol. The van der Waals surface area contributed by atoms with Crippen molar-refractivity contribution in [3.8, 4) is 17.2 Å². The minimum absolute atomic E-state index is 0.0847. The van der Waals surface area contributed by atoms with Crippen LogP contribution in [0.5, 0.6) is 17.2 Å². The average molecular weight is 391 g/mol. The summed E-state index contributed by atoms with van der Waals surface area (Å²) in [6.07, 6.45) is 2.94. The third-order valence-corrected chi connectivity index (χ3v) is 4.85. The van der Waals surface area contributed by atoms with Gasteiger partial charge >= 0.3 is 0 Å². The largest absolute Gasteiger partial charge is 0.493 e. The van der Waals surface area contributed by atoms with Crippen LogP contribution in [0.3, 0.4) is 0 Å². The first-order valence-corrected chi connectivity index (χ1v) is 9.07. The standard InChI is InChI=1S/C22H21N3O4/c1-27-18-11-14(12-19(28-2)20(18)29-3)24-21-16-8-4-5-9-17(16)22(26)25(21)15-7-6-10-23-13-15/h4-13,21,24H,1-3H3/t21-/m0/s1. The molecule has 1 aliphatic heterocycles. The van der Waals surface area contributed by atoms with Crippen molar-refractivity contribution in [2.75, 3.05) is 31.5 Å². The van der Waals surface area contributed by atoms with Crippen LogP contribution in [0.4, 0.5) is 11.4 Å². The smallest absolute Gasteiger partial charge is 0.260 e. The van der Waals surface area contributed by atoms with E-state index in [1.807, 2.05) is 48.5 Å². The van der Waals surface area contributed by atoms with E-state index in [-0.39, 0.29) is 5.91 Å². The number of anilines is 2. The minimum atomic E-state index is -0.411. The SMILES string of the molecule is COc1cc(N[C@@H]2c3ccccc3C(=O)N2c2cccnc2)cc(OC)c1OC. The van der Waals surface area contributed by atoms with Gasteiger partial charge in [-0.1, -0.05) is 18.2 Å². The number of hydrogen-bond donors (Lipinski definition) is 1. The highest BCUT2D eigenvalue weighted by Gasteiger charge is 2.37. The molecule has 1 atom stereocenters. The fourth-order valence-corrected chi connectivity index (χ4v) is 3.54. The lowest BCUT2D eigenvalue weighted by molar-refractivity contribution is 0.0993. The molecule has 0 saturated heterocycles. The molecule has 29 heavy (non-hydrogen) atoms. The predicted octanol–water partition coefficient (Wildman–Crippen LogP) is 3.88. The molecule has 7 heteroatoms. The Balaban J connectivity index is 1.79. The lowest BCUT2D eigenvalue weighted by Gasteiger charge is -2.27. The first-order chi connectivity index (χ1) is 14.2. The van der Waals surface area contributed by atoms with E-state index in [0.29, 0.717) is 28.5 Å². The number of aromatic nitrogens is 1. The number of amides is 1. The Bertz CT molecular complexity index is 1010. The van der Waals surface area contributed by atoms with Crippen molar-refractivity contribution in [3.05, 3.63) is 72.1 Å². The summed E-state index contributed by atoms with van der Waals surface area (Å²) >= 11 is 0. The van der Waals surface area contributed by atoms with Gasteiger partial charge in [0.1, 0.15) is 6.17 Å². The molecule has 2 heterocycles. The fraction of sp³-hybridized carbons (Fsp3) is 0.182. The van der Waals surface area contributed by atoms with Gasteiger partial charge in [0, 0.05) is 35.1 Å². The van der Waals surface area contributed by atoms with Crippen LogP contribution in [0.2, 0.25) is 0 Å². The van der Waals surface area contributed by atoms with Gasteiger partial charge in [-0.05, 0) is 18.2 Å². The molecule has 0 unspecified atom stereocenters. The highest BCUT2D eigenvalue weighted by molar-refractivity contribution is 6.11. The van der Waals surface area contributed by atoms with Crippen molar-refractivity contribution in [1.82, 2.24) is 4.98 Å². The predicted molar refractivity (Wildman–Crippen MR) is 110 cm³/mol. The molecule has 1 amide bonds. The third kappa shape index (κ3) is 3.20. The Labute approximate surface area is 168 Å². The van der Waals surface area contributed by atoms with Gasteiger partial charge < -0.3 is 19.5 Å².